The van der Waals surface area contributed by atoms with Gasteiger partial charge < -0.3 is 4.74 Å². The quantitative estimate of drug-likeness (QED) is 0.714. The molecule has 1 aliphatic rings. The highest BCUT2D eigenvalue weighted by atomic mass is 35.5. The number of imidazole rings is 1. The first-order chi connectivity index (χ1) is 12.4. The van der Waals surface area contributed by atoms with Crippen molar-refractivity contribution in [3.8, 4) is 0 Å². The van der Waals surface area contributed by atoms with Crippen molar-refractivity contribution in [1.82, 2.24) is 13.4 Å². The molecule has 2 heterocycles. The van der Waals surface area contributed by atoms with Crippen molar-refractivity contribution in [2.45, 2.75) is 57.7 Å². The molecule has 3 rings (SSSR count). The molecule has 0 spiro atoms. The van der Waals surface area contributed by atoms with Crippen LogP contribution in [0.2, 0.25) is 5.02 Å². The molecule has 0 bridgehead atoms. The lowest BCUT2D eigenvalue weighted by molar-refractivity contribution is 0.0536. The molecule has 2 aromatic rings. The number of carbonyl (C=O) groups is 1. The van der Waals surface area contributed by atoms with Gasteiger partial charge in [-0.25, -0.2) is 18.0 Å². The van der Waals surface area contributed by atoms with Gasteiger partial charge in [0, 0.05) is 24.2 Å². The van der Waals surface area contributed by atoms with Crippen LogP contribution < -0.4 is 5.69 Å². The fourth-order valence-electron chi connectivity index (χ4n) is 3.37. The smallest absolute Gasteiger partial charge is 0.423 e. The van der Waals surface area contributed by atoms with Gasteiger partial charge >= 0.3 is 11.8 Å². The number of nitrogens with zero attached hydrogens (tertiary/aromatic N) is 3. The zero-order valence-electron chi connectivity index (χ0n) is 15.8. The lowest BCUT2D eigenvalue weighted by Gasteiger charge is -2.25. The van der Waals surface area contributed by atoms with E-state index in [1.165, 1.54) is 21.0 Å². The van der Waals surface area contributed by atoms with Crippen molar-refractivity contribution >= 4 is 38.8 Å². The molecule has 27 heavy (non-hydrogen) atoms. The summed E-state index contributed by atoms with van der Waals surface area (Å²) in [7, 11) is -3.89. The lowest BCUT2D eigenvalue weighted by atomic mass is 10.2. The van der Waals surface area contributed by atoms with Gasteiger partial charge in [0.05, 0.1) is 11.0 Å². The van der Waals surface area contributed by atoms with Gasteiger partial charge in [0.1, 0.15) is 10.5 Å². The Morgan fingerprint density at radius 2 is 1.96 bits per heavy atom. The SMILES string of the molecule is CCN1C(C)Cn2c(=O)n(C(=O)OC(C)(C)C)c3cc(Cl)cc(c32)S1(=O)=O. The standard InChI is InChI=1S/C17H22ClN3O5S/c1-6-20-10(2)9-19-14-12(7-11(18)8-13(14)27(20,24)25)21(15(19)22)16(23)26-17(3,4)5/h7-8,10H,6,9H2,1-5H3. The first kappa shape index (κ1) is 19.9. The zero-order chi connectivity index (χ0) is 20.3. The maximum atomic E-state index is 13.2. The van der Waals surface area contributed by atoms with Crippen LogP contribution in [-0.2, 0) is 21.3 Å². The van der Waals surface area contributed by atoms with Gasteiger partial charge in [-0.2, -0.15) is 8.87 Å². The van der Waals surface area contributed by atoms with E-state index in [9.17, 15) is 18.0 Å². The Bertz CT molecular complexity index is 1090. The molecule has 1 atom stereocenters. The summed E-state index contributed by atoms with van der Waals surface area (Å²) in [5.74, 6) is 0. The molecule has 0 aliphatic carbocycles. The second-order valence-electron chi connectivity index (χ2n) is 7.54. The van der Waals surface area contributed by atoms with Crippen LogP contribution in [-0.4, -0.2) is 46.1 Å². The Kier molecular flexibility index (Phi) is 4.69. The summed E-state index contributed by atoms with van der Waals surface area (Å²) in [5, 5.41) is 0.112. The summed E-state index contributed by atoms with van der Waals surface area (Å²) in [6.45, 7) is 8.87. The lowest BCUT2D eigenvalue weighted by Crippen LogP contribution is -2.41. The average molecular weight is 416 g/mol. The number of aromatic nitrogens is 2. The summed E-state index contributed by atoms with van der Waals surface area (Å²) in [4.78, 5) is 25.6. The molecule has 0 saturated heterocycles. The molecule has 1 unspecified atom stereocenters. The predicted octanol–water partition coefficient (Wildman–Crippen LogP) is 2.65. The normalized spacial score (nSPS) is 19.9. The van der Waals surface area contributed by atoms with Crippen LogP contribution in [0.5, 0.6) is 0 Å². The molecule has 8 nitrogen and oxygen atoms in total. The zero-order valence-corrected chi connectivity index (χ0v) is 17.4. The Balaban J connectivity index is 2.41. The monoisotopic (exact) mass is 415 g/mol. The number of hydrogen-bond donors (Lipinski definition) is 0. The van der Waals surface area contributed by atoms with Crippen LogP contribution in [0.25, 0.3) is 11.0 Å². The minimum Gasteiger partial charge on any atom is -0.443 e. The van der Waals surface area contributed by atoms with Gasteiger partial charge in [-0.15, -0.1) is 0 Å². The Morgan fingerprint density at radius 3 is 2.52 bits per heavy atom. The fraction of sp³-hybridized carbons (Fsp3) is 0.529. The third kappa shape index (κ3) is 3.17. The summed E-state index contributed by atoms with van der Waals surface area (Å²) in [5.41, 5.74) is -1.19. The second-order valence-corrected chi connectivity index (χ2v) is 9.83. The number of ether oxygens (including phenoxy) is 1. The highest BCUT2D eigenvalue weighted by Crippen LogP contribution is 2.33. The summed E-state index contributed by atoms with van der Waals surface area (Å²) in [6, 6.07) is 2.25. The van der Waals surface area contributed by atoms with Crippen LogP contribution in [0, 0.1) is 0 Å². The van der Waals surface area contributed by atoms with E-state index in [0.717, 1.165) is 4.57 Å². The fourth-order valence-corrected chi connectivity index (χ4v) is 5.52. The van der Waals surface area contributed by atoms with E-state index in [2.05, 4.69) is 0 Å². The number of halogens is 1. The van der Waals surface area contributed by atoms with E-state index in [0.29, 0.717) is 0 Å². The van der Waals surface area contributed by atoms with E-state index < -0.39 is 33.4 Å². The van der Waals surface area contributed by atoms with Crippen molar-refractivity contribution < 1.29 is 17.9 Å². The number of rotatable bonds is 1. The number of carbonyl (C=O) groups excluding carboxylic acids is 1. The van der Waals surface area contributed by atoms with E-state index in [1.54, 1.807) is 34.6 Å². The molecule has 148 valence electrons. The van der Waals surface area contributed by atoms with Crippen LogP contribution >= 0.6 is 11.6 Å². The predicted molar refractivity (Wildman–Crippen MR) is 102 cm³/mol. The summed E-state index contributed by atoms with van der Waals surface area (Å²) in [6.07, 6.45) is -0.873. The molecule has 0 fully saturated rings. The summed E-state index contributed by atoms with van der Waals surface area (Å²) < 4.78 is 35.1. The third-order valence-electron chi connectivity index (χ3n) is 4.37. The highest BCUT2D eigenvalue weighted by Gasteiger charge is 2.37. The molecule has 1 aromatic carbocycles. The maximum Gasteiger partial charge on any atom is 0.423 e. The molecule has 0 N–H and O–H groups in total. The molecule has 1 aromatic heterocycles. The minimum absolute atomic E-state index is 0.0874. The molecule has 0 radical (unpaired) electrons. The number of benzene rings is 1. The van der Waals surface area contributed by atoms with Crippen LogP contribution in [0.15, 0.2) is 21.8 Å². The Morgan fingerprint density at radius 1 is 1.33 bits per heavy atom. The Labute approximate surface area is 162 Å². The molecular weight excluding hydrogens is 394 g/mol. The van der Waals surface area contributed by atoms with Gasteiger partial charge in [-0.1, -0.05) is 18.5 Å². The van der Waals surface area contributed by atoms with E-state index >= 15 is 0 Å². The number of likely N-dealkylation sites (N-methyl/N-ethyl adjacent to an activating group) is 1. The van der Waals surface area contributed by atoms with Gasteiger partial charge in [0.2, 0.25) is 10.0 Å². The largest absolute Gasteiger partial charge is 0.443 e. The first-order valence-electron chi connectivity index (χ1n) is 8.58. The topological polar surface area (TPSA) is 90.6 Å². The van der Waals surface area contributed by atoms with E-state index in [4.69, 9.17) is 16.3 Å². The maximum absolute atomic E-state index is 13.2. The molecular formula is C17H22ClN3O5S. The van der Waals surface area contributed by atoms with Crippen molar-refractivity contribution in [3.63, 3.8) is 0 Å². The second kappa shape index (κ2) is 6.35. The number of hydrogen-bond acceptors (Lipinski definition) is 5. The van der Waals surface area contributed by atoms with Crippen molar-refractivity contribution in [3.05, 3.63) is 27.6 Å². The van der Waals surface area contributed by atoms with Crippen LogP contribution in [0.1, 0.15) is 34.6 Å². The average Bonchev–Trinajstić information content (AvgIpc) is 2.72. The van der Waals surface area contributed by atoms with Crippen molar-refractivity contribution in [2.75, 3.05) is 6.54 Å². The molecule has 10 heteroatoms. The minimum atomic E-state index is -3.89. The third-order valence-corrected chi connectivity index (χ3v) is 6.69. The van der Waals surface area contributed by atoms with E-state index in [1.807, 2.05) is 0 Å². The van der Waals surface area contributed by atoms with Gasteiger partial charge in [-0.05, 0) is 39.8 Å². The molecule has 0 amide bonds. The van der Waals surface area contributed by atoms with Crippen molar-refractivity contribution in [2.24, 2.45) is 0 Å². The van der Waals surface area contributed by atoms with Gasteiger partial charge in [0.15, 0.2) is 0 Å². The van der Waals surface area contributed by atoms with Crippen molar-refractivity contribution in [1.29, 1.82) is 0 Å². The van der Waals surface area contributed by atoms with Crippen LogP contribution in [0.4, 0.5) is 4.79 Å². The van der Waals surface area contributed by atoms with Gasteiger partial charge in [-0.3, -0.25) is 4.57 Å². The summed E-state index contributed by atoms with van der Waals surface area (Å²) >= 11 is 6.15. The number of sulfonamides is 1. The highest BCUT2D eigenvalue weighted by molar-refractivity contribution is 7.89. The van der Waals surface area contributed by atoms with Crippen LogP contribution in [0.3, 0.4) is 0 Å². The first-order valence-corrected chi connectivity index (χ1v) is 10.4. The molecule has 1 aliphatic heterocycles. The van der Waals surface area contributed by atoms with E-state index in [-0.39, 0.29) is 34.0 Å². The Hall–Kier alpha value is -1.84. The van der Waals surface area contributed by atoms with Gasteiger partial charge in [0.25, 0.3) is 0 Å². The molecule has 0 saturated carbocycles.